The Balaban J connectivity index is 0.00000137. The first-order chi connectivity index (χ1) is 8.67. The molecule has 1 aromatic carbocycles. The molecule has 1 atom stereocenters. The number of hydrogen-bond donors (Lipinski definition) is 1. The van der Waals surface area contributed by atoms with Gasteiger partial charge in [0.15, 0.2) is 0 Å². The Morgan fingerprint density at radius 2 is 2.00 bits per heavy atom. The second-order valence-corrected chi connectivity index (χ2v) is 3.53. The number of aromatic hydroxyl groups is 1. The van der Waals surface area contributed by atoms with Crippen molar-refractivity contribution in [3.63, 3.8) is 0 Å². The molecular formula is C14H22O4. The lowest BCUT2D eigenvalue weighted by molar-refractivity contribution is -0.141. The second-order valence-electron chi connectivity index (χ2n) is 3.53. The van der Waals surface area contributed by atoms with Crippen molar-refractivity contribution in [2.75, 3.05) is 20.8 Å². The van der Waals surface area contributed by atoms with Gasteiger partial charge in [-0.25, -0.2) is 0 Å². The maximum atomic E-state index is 11.2. The smallest absolute Gasteiger partial charge is 0.306 e. The zero-order valence-corrected chi connectivity index (χ0v) is 11.5. The van der Waals surface area contributed by atoms with E-state index in [0.717, 1.165) is 5.56 Å². The van der Waals surface area contributed by atoms with E-state index in [4.69, 9.17) is 4.74 Å². The fourth-order valence-corrected chi connectivity index (χ4v) is 1.54. The summed E-state index contributed by atoms with van der Waals surface area (Å²) in [5, 5.41) is 9.36. The van der Waals surface area contributed by atoms with E-state index in [-0.39, 0.29) is 24.1 Å². The molecule has 0 aliphatic heterocycles. The van der Waals surface area contributed by atoms with Crippen LogP contribution in [-0.2, 0) is 14.3 Å². The van der Waals surface area contributed by atoms with Crippen molar-refractivity contribution in [2.45, 2.75) is 26.2 Å². The Kier molecular flexibility index (Phi) is 8.66. The van der Waals surface area contributed by atoms with Crippen LogP contribution in [0.4, 0.5) is 0 Å². The standard InChI is InChI=1S/C12H16O4.C2H6/c1-15-8-10(7-12(14)16-2)9-4-3-5-11(13)6-9;1-2/h3-6,10,13H,7-8H2,1-2H3;1-2H3. The number of rotatable bonds is 5. The van der Waals surface area contributed by atoms with Gasteiger partial charge in [0.1, 0.15) is 5.75 Å². The minimum atomic E-state index is -0.287. The first kappa shape index (κ1) is 16.4. The Hall–Kier alpha value is -1.55. The highest BCUT2D eigenvalue weighted by Gasteiger charge is 2.16. The number of benzene rings is 1. The van der Waals surface area contributed by atoms with Crippen LogP contribution in [0.15, 0.2) is 24.3 Å². The van der Waals surface area contributed by atoms with Crippen LogP contribution >= 0.6 is 0 Å². The maximum absolute atomic E-state index is 11.2. The van der Waals surface area contributed by atoms with E-state index in [2.05, 4.69) is 4.74 Å². The third-order valence-corrected chi connectivity index (χ3v) is 2.35. The fraction of sp³-hybridized carbons (Fsp3) is 0.500. The Labute approximate surface area is 109 Å². The van der Waals surface area contributed by atoms with Crippen LogP contribution in [0.2, 0.25) is 0 Å². The van der Waals surface area contributed by atoms with Gasteiger partial charge in [-0.15, -0.1) is 0 Å². The second kappa shape index (κ2) is 9.48. The van der Waals surface area contributed by atoms with Crippen molar-refractivity contribution in [3.8, 4) is 5.75 Å². The van der Waals surface area contributed by atoms with Crippen LogP contribution < -0.4 is 0 Å². The number of hydrogen-bond acceptors (Lipinski definition) is 4. The van der Waals surface area contributed by atoms with Crippen molar-refractivity contribution >= 4 is 5.97 Å². The molecule has 0 saturated heterocycles. The lowest BCUT2D eigenvalue weighted by atomic mass is 9.96. The van der Waals surface area contributed by atoms with Gasteiger partial charge in [0, 0.05) is 13.0 Å². The quantitative estimate of drug-likeness (QED) is 0.821. The molecule has 4 nitrogen and oxygen atoms in total. The minimum absolute atomic E-state index is 0.0930. The number of ether oxygens (including phenoxy) is 2. The molecule has 4 heteroatoms. The van der Waals surface area contributed by atoms with Crippen molar-refractivity contribution in [2.24, 2.45) is 0 Å². The molecule has 0 radical (unpaired) electrons. The summed E-state index contributed by atoms with van der Waals surface area (Å²) in [6, 6.07) is 6.81. The molecule has 18 heavy (non-hydrogen) atoms. The highest BCUT2D eigenvalue weighted by atomic mass is 16.5. The lowest BCUT2D eigenvalue weighted by Gasteiger charge is -2.15. The largest absolute Gasteiger partial charge is 0.508 e. The third-order valence-electron chi connectivity index (χ3n) is 2.35. The third kappa shape index (κ3) is 5.68. The Morgan fingerprint density at radius 1 is 1.33 bits per heavy atom. The van der Waals surface area contributed by atoms with Crippen LogP contribution in [0.25, 0.3) is 0 Å². The highest BCUT2D eigenvalue weighted by molar-refractivity contribution is 5.70. The van der Waals surface area contributed by atoms with Crippen LogP contribution in [0.1, 0.15) is 31.7 Å². The monoisotopic (exact) mass is 254 g/mol. The Morgan fingerprint density at radius 3 is 2.50 bits per heavy atom. The topological polar surface area (TPSA) is 55.8 Å². The molecule has 0 fully saturated rings. The number of esters is 1. The van der Waals surface area contributed by atoms with E-state index in [1.54, 1.807) is 25.3 Å². The van der Waals surface area contributed by atoms with Gasteiger partial charge in [-0.3, -0.25) is 4.79 Å². The van der Waals surface area contributed by atoms with E-state index in [9.17, 15) is 9.90 Å². The molecule has 102 valence electrons. The van der Waals surface area contributed by atoms with E-state index in [1.807, 2.05) is 19.9 Å². The number of carbonyl (C=O) groups excluding carboxylic acids is 1. The Bertz CT molecular complexity index is 349. The molecular weight excluding hydrogens is 232 g/mol. The first-order valence-corrected chi connectivity index (χ1v) is 6.02. The average molecular weight is 254 g/mol. The van der Waals surface area contributed by atoms with Gasteiger partial charge in [0.05, 0.1) is 20.1 Å². The van der Waals surface area contributed by atoms with Gasteiger partial charge in [-0.2, -0.15) is 0 Å². The molecule has 0 bridgehead atoms. The van der Waals surface area contributed by atoms with Crippen LogP contribution in [0, 0.1) is 0 Å². The van der Waals surface area contributed by atoms with E-state index in [0.29, 0.717) is 6.61 Å². The predicted octanol–water partition coefficient (Wildman–Crippen LogP) is 2.71. The van der Waals surface area contributed by atoms with E-state index in [1.165, 1.54) is 7.11 Å². The summed E-state index contributed by atoms with van der Waals surface area (Å²) in [6.45, 7) is 4.42. The molecule has 1 N–H and O–H groups in total. The van der Waals surface area contributed by atoms with Crippen molar-refractivity contribution in [1.82, 2.24) is 0 Å². The molecule has 0 spiro atoms. The van der Waals surface area contributed by atoms with Gasteiger partial charge in [0.2, 0.25) is 0 Å². The van der Waals surface area contributed by atoms with Gasteiger partial charge in [0.25, 0.3) is 0 Å². The predicted molar refractivity (Wildman–Crippen MR) is 70.7 cm³/mol. The summed E-state index contributed by atoms with van der Waals surface area (Å²) in [7, 11) is 2.93. The summed E-state index contributed by atoms with van der Waals surface area (Å²) in [6.07, 6.45) is 0.244. The normalized spacial score (nSPS) is 11.1. The molecule has 0 aliphatic carbocycles. The lowest BCUT2D eigenvalue weighted by Crippen LogP contribution is -2.13. The number of phenols is 1. The minimum Gasteiger partial charge on any atom is -0.508 e. The van der Waals surface area contributed by atoms with Crippen LogP contribution in [-0.4, -0.2) is 31.9 Å². The molecule has 0 heterocycles. The van der Waals surface area contributed by atoms with Crippen molar-refractivity contribution in [3.05, 3.63) is 29.8 Å². The zero-order chi connectivity index (χ0) is 14.0. The summed E-state index contributed by atoms with van der Waals surface area (Å²) < 4.78 is 9.68. The zero-order valence-electron chi connectivity index (χ0n) is 11.5. The molecule has 1 aromatic rings. The van der Waals surface area contributed by atoms with Gasteiger partial charge in [-0.05, 0) is 17.7 Å². The number of carbonyl (C=O) groups is 1. The number of methoxy groups -OCH3 is 2. The maximum Gasteiger partial charge on any atom is 0.306 e. The SMILES string of the molecule is CC.COCC(CC(=O)OC)c1cccc(O)c1. The molecule has 1 rings (SSSR count). The summed E-state index contributed by atoms with van der Waals surface area (Å²) in [5.74, 6) is -0.196. The summed E-state index contributed by atoms with van der Waals surface area (Å²) in [5.41, 5.74) is 0.868. The molecule has 0 saturated carbocycles. The molecule has 0 aromatic heterocycles. The van der Waals surface area contributed by atoms with Crippen LogP contribution in [0.5, 0.6) is 5.75 Å². The van der Waals surface area contributed by atoms with E-state index < -0.39 is 0 Å². The number of phenolic OH excluding ortho intramolecular Hbond substituents is 1. The summed E-state index contributed by atoms with van der Waals surface area (Å²) in [4.78, 5) is 11.2. The van der Waals surface area contributed by atoms with Crippen LogP contribution in [0.3, 0.4) is 0 Å². The highest BCUT2D eigenvalue weighted by Crippen LogP contribution is 2.23. The van der Waals surface area contributed by atoms with Gasteiger partial charge in [-0.1, -0.05) is 26.0 Å². The summed E-state index contributed by atoms with van der Waals surface area (Å²) >= 11 is 0. The van der Waals surface area contributed by atoms with E-state index >= 15 is 0 Å². The van der Waals surface area contributed by atoms with Gasteiger partial charge >= 0.3 is 5.97 Å². The van der Waals surface area contributed by atoms with Crippen molar-refractivity contribution in [1.29, 1.82) is 0 Å². The average Bonchev–Trinajstić information content (AvgIpc) is 2.40. The van der Waals surface area contributed by atoms with Crippen molar-refractivity contribution < 1.29 is 19.4 Å². The molecule has 1 unspecified atom stereocenters. The molecule has 0 aliphatic rings. The molecule has 0 amide bonds. The first-order valence-electron chi connectivity index (χ1n) is 6.02. The fourth-order valence-electron chi connectivity index (χ4n) is 1.54. The van der Waals surface area contributed by atoms with Gasteiger partial charge < -0.3 is 14.6 Å².